The lowest BCUT2D eigenvalue weighted by atomic mass is 10.7. The van der Waals surface area contributed by atoms with Crippen molar-refractivity contribution in [1.82, 2.24) is 0 Å². The molecule has 0 unspecified atom stereocenters. The average Bonchev–Trinajstić information content (AvgIpc) is 2.35. The number of carbonyl (C=O) groups is 1. The van der Waals surface area contributed by atoms with Gasteiger partial charge >= 0.3 is 5.97 Å². The summed E-state index contributed by atoms with van der Waals surface area (Å²) < 4.78 is 19.4. The minimum atomic E-state index is -0.716. The number of hydrogen-bond acceptors (Lipinski definition) is 8. The normalized spacial score (nSPS) is 10.9. The first-order valence-electron chi connectivity index (χ1n) is 5.55. The molecule has 0 fully saturated rings. The number of carbonyl (C=O) groups excluding carboxylic acids is 1. The molecular weight excluding hydrogens is 280 g/mol. The van der Waals surface area contributed by atoms with Gasteiger partial charge in [0.15, 0.2) is 0 Å². The molecule has 0 spiro atoms. The van der Waals surface area contributed by atoms with Crippen LogP contribution in [0.15, 0.2) is 0 Å². The summed E-state index contributed by atoms with van der Waals surface area (Å²) in [4.78, 5) is 10.9. The van der Waals surface area contributed by atoms with E-state index in [1.807, 2.05) is 0 Å². The highest BCUT2D eigenvalue weighted by atomic mass is 32.2. The smallest absolute Gasteiger partial charge is 0.328 e. The van der Waals surface area contributed by atoms with Crippen LogP contribution in [0, 0.1) is 0 Å². The van der Waals surface area contributed by atoms with Crippen LogP contribution < -0.4 is 0 Å². The monoisotopic (exact) mass is 300 g/mol. The zero-order valence-electron chi connectivity index (χ0n) is 10.1. The maximum absolute atomic E-state index is 10.9. The van der Waals surface area contributed by atoms with E-state index in [2.05, 4.69) is 25.3 Å². The largest absolute Gasteiger partial charge is 0.462 e. The molecule has 0 aliphatic carbocycles. The van der Waals surface area contributed by atoms with Gasteiger partial charge < -0.3 is 24.1 Å². The highest BCUT2D eigenvalue weighted by Crippen LogP contribution is 2.01. The van der Waals surface area contributed by atoms with Crippen molar-refractivity contribution < 1.29 is 28.8 Å². The first-order chi connectivity index (χ1) is 8.68. The summed E-state index contributed by atoms with van der Waals surface area (Å²) in [6.07, 6.45) is 0. The van der Waals surface area contributed by atoms with Crippen LogP contribution in [0.2, 0.25) is 0 Å². The second-order valence-electron chi connectivity index (χ2n) is 3.10. The second kappa shape index (κ2) is 13.4. The fraction of sp³-hybridized carbons (Fsp3) is 0.900. The molecule has 1 N–H and O–H groups in total. The van der Waals surface area contributed by atoms with E-state index in [1.54, 1.807) is 0 Å². The molecule has 0 radical (unpaired) electrons. The number of aliphatic hydroxyl groups is 1. The van der Waals surface area contributed by atoms with E-state index >= 15 is 0 Å². The summed E-state index contributed by atoms with van der Waals surface area (Å²) in [5.74, 6) is -0.484. The molecule has 0 saturated heterocycles. The maximum Gasteiger partial charge on any atom is 0.328 e. The van der Waals surface area contributed by atoms with E-state index in [0.717, 1.165) is 0 Å². The summed E-state index contributed by atoms with van der Waals surface area (Å²) in [6.45, 7) is 2.59. The van der Waals surface area contributed by atoms with Crippen LogP contribution in [0.4, 0.5) is 0 Å². The van der Waals surface area contributed by atoms with E-state index < -0.39 is 10.6 Å². The fourth-order valence-electron chi connectivity index (χ4n) is 0.882. The second-order valence-corrected chi connectivity index (χ2v) is 4.54. The summed E-state index contributed by atoms with van der Waals surface area (Å²) >= 11 is 7.60. The maximum atomic E-state index is 10.9. The highest BCUT2D eigenvalue weighted by molar-refractivity contribution is 8.00. The Hall–Kier alpha value is 0.01000. The van der Waals surface area contributed by atoms with E-state index in [-0.39, 0.29) is 13.2 Å². The van der Waals surface area contributed by atoms with Gasteiger partial charge in [0.1, 0.15) is 11.2 Å². The summed E-state index contributed by atoms with van der Waals surface area (Å²) in [7, 11) is 0. The average molecular weight is 300 g/mol. The van der Waals surface area contributed by atoms with Gasteiger partial charge in [-0.3, -0.25) is 0 Å². The molecule has 0 heterocycles. The Kier molecular flexibility index (Phi) is 13.4. The van der Waals surface area contributed by atoms with Gasteiger partial charge in [0, 0.05) is 0 Å². The van der Waals surface area contributed by atoms with Crippen LogP contribution in [-0.2, 0) is 23.7 Å². The Morgan fingerprint density at radius 3 is 1.78 bits per heavy atom. The Labute approximate surface area is 118 Å². The van der Waals surface area contributed by atoms with Crippen molar-refractivity contribution in [2.24, 2.45) is 0 Å². The third-order valence-corrected chi connectivity index (χ3v) is 2.08. The molecule has 0 rings (SSSR count). The minimum Gasteiger partial charge on any atom is -0.462 e. The summed E-state index contributed by atoms with van der Waals surface area (Å²) in [5.41, 5.74) is 0. The van der Waals surface area contributed by atoms with E-state index in [0.29, 0.717) is 39.6 Å². The Bertz CT molecular complexity index is 203. The van der Waals surface area contributed by atoms with Crippen LogP contribution in [0.1, 0.15) is 0 Å². The molecule has 0 bridgehead atoms. The molecule has 0 saturated carbocycles. The summed E-state index contributed by atoms with van der Waals surface area (Å²) in [6, 6.07) is 0. The molecule has 18 heavy (non-hydrogen) atoms. The topological polar surface area (TPSA) is 74.2 Å². The van der Waals surface area contributed by atoms with Crippen LogP contribution in [0.3, 0.4) is 0 Å². The van der Waals surface area contributed by atoms with Crippen molar-refractivity contribution >= 4 is 31.2 Å². The van der Waals surface area contributed by atoms with Crippen LogP contribution in [0.5, 0.6) is 0 Å². The van der Waals surface area contributed by atoms with E-state index in [1.165, 1.54) is 0 Å². The van der Waals surface area contributed by atoms with Gasteiger partial charge in [0.25, 0.3) is 0 Å². The van der Waals surface area contributed by atoms with Gasteiger partial charge in [-0.25, -0.2) is 4.79 Å². The molecule has 0 aromatic heterocycles. The van der Waals surface area contributed by atoms with E-state index in [9.17, 15) is 4.79 Å². The predicted octanol–water partition coefficient (Wildman–Crippen LogP) is -0.243. The summed E-state index contributed by atoms with van der Waals surface area (Å²) in [5, 5.41) is 8.43. The van der Waals surface area contributed by atoms with Crippen molar-refractivity contribution in [2.75, 3.05) is 52.9 Å². The minimum absolute atomic E-state index is 0.0151. The van der Waals surface area contributed by atoms with Crippen molar-refractivity contribution in [1.29, 1.82) is 0 Å². The molecule has 0 amide bonds. The highest BCUT2D eigenvalue weighted by Gasteiger charge is 2.08. The molecule has 0 aliphatic heterocycles. The number of hydrogen-bond donors (Lipinski definition) is 3. The Morgan fingerprint density at radius 2 is 1.33 bits per heavy atom. The van der Waals surface area contributed by atoms with Crippen molar-refractivity contribution in [3.8, 4) is 0 Å². The van der Waals surface area contributed by atoms with Gasteiger partial charge in [-0.15, -0.1) is 0 Å². The number of ether oxygens (including phenoxy) is 4. The SMILES string of the molecule is O=C(OCCOCCOCCOCCO)C(S)S. The molecule has 0 atom stereocenters. The zero-order chi connectivity index (χ0) is 13.6. The third kappa shape index (κ3) is 12.5. The first kappa shape index (κ1) is 18.0. The van der Waals surface area contributed by atoms with Gasteiger partial charge in [0.05, 0.1) is 46.2 Å². The van der Waals surface area contributed by atoms with Crippen molar-refractivity contribution in [3.63, 3.8) is 0 Å². The van der Waals surface area contributed by atoms with Crippen LogP contribution >= 0.6 is 25.3 Å². The van der Waals surface area contributed by atoms with Gasteiger partial charge in [-0.05, 0) is 0 Å². The van der Waals surface area contributed by atoms with Crippen molar-refractivity contribution in [3.05, 3.63) is 0 Å². The molecular formula is C10H20O6S2. The molecule has 108 valence electrons. The van der Waals surface area contributed by atoms with Gasteiger partial charge in [-0.1, -0.05) is 0 Å². The van der Waals surface area contributed by atoms with Gasteiger partial charge in [-0.2, -0.15) is 25.3 Å². The number of aliphatic hydroxyl groups excluding tert-OH is 1. The predicted molar refractivity (Wildman–Crippen MR) is 72.3 cm³/mol. The number of esters is 1. The standard InChI is InChI=1S/C10H20O6S2/c11-1-2-13-3-4-14-5-6-15-7-8-16-9(12)10(17)18/h10-11,17-18H,1-8H2. The van der Waals surface area contributed by atoms with E-state index in [4.69, 9.17) is 24.1 Å². The van der Waals surface area contributed by atoms with Crippen LogP contribution in [0.25, 0.3) is 0 Å². The lowest BCUT2D eigenvalue weighted by Gasteiger charge is -2.07. The molecule has 6 nitrogen and oxygen atoms in total. The Morgan fingerprint density at radius 1 is 0.889 bits per heavy atom. The molecule has 0 aromatic rings. The van der Waals surface area contributed by atoms with Gasteiger partial charge in [0.2, 0.25) is 0 Å². The van der Waals surface area contributed by atoms with Crippen LogP contribution in [-0.4, -0.2) is 68.5 Å². The Balaban J connectivity index is 3.05. The quantitative estimate of drug-likeness (QED) is 0.200. The third-order valence-electron chi connectivity index (χ3n) is 1.66. The lowest BCUT2D eigenvalue weighted by Crippen LogP contribution is -2.17. The first-order valence-corrected chi connectivity index (χ1v) is 6.58. The van der Waals surface area contributed by atoms with Crippen molar-refractivity contribution in [2.45, 2.75) is 4.58 Å². The molecule has 0 aliphatic rings. The lowest BCUT2D eigenvalue weighted by molar-refractivity contribution is -0.142. The molecule has 0 aromatic carbocycles. The zero-order valence-corrected chi connectivity index (χ0v) is 11.9. The fourth-order valence-corrected chi connectivity index (χ4v) is 1.03. The molecule has 8 heteroatoms. The number of thiol groups is 2. The number of rotatable bonds is 12.